The third-order valence-electron chi connectivity index (χ3n) is 4.92. The molecule has 2 rings (SSSR count). The standard InChI is InChI=1S/C16H31N3O.ClH/c1-13-6-3-4-8-15(13)18-16(20)12-19-9-5-7-14(11-19)10-17-2;/h13-15,17H,3-12H2,1-2H3,(H,18,20);1H. The average molecular weight is 318 g/mol. The van der Waals surface area contributed by atoms with E-state index < -0.39 is 0 Å². The van der Waals surface area contributed by atoms with E-state index in [1.807, 2.05) is 7.05 Å². The molecule has 0 radical (unpaired) electrons. The molecule has 0 aromatic rings. The van der Waals surface area contributed by atoms with Crippen molar-refractivity contribution in [3.8, 4) is 0 Å². The van der Waals surface area contributed by atoms with Gasteiger partial charge in [0.2, 0.25) is 5.91 Å². The highest BCUT2D eigenvalue weighted by Gasteiger charge is 2.25. The minimum atomic E-state index is 0. The molecular formula is C16H32ClN3O. The number of carbonyl (C=O) groups is 1. The smallest absolute Gasteiger partial charge is 0.234 e. The molecule has 0 aromatic heterocycles. The molecule has 3 atom stereocenters. The molecule has 0 spiro atoms. The summed E-state index contributed by atoms with van der Waals surface area (Å²) in [6.07, 6.45) is 7.53. The molecule has 1 amide bonds. The Kier molecular flexibility index (Phi) is 8.60. The lowest BCUT2D eigenvalue weighted by Gasteiger charge is -2.34. The van der Waals surface area contributed by atoms with Gasteiger partial charge in [0, 0.05) is 12.6 Å². The van der Waals surface area contributed by atoms with E-state index >= 15 is 0 Å². The van der Waals surface area contributed by atoms with Crippen LogP contribution < -0.4 is 10.6 Å². The van der Waals surface area contributed by atoms with Gasteiger partial charge >= 0.3 is 0 Å². The van der Waals surface area contributed by atoms with E-state index in [9.17, 15) is 4.79 Å². The molecule has 1 heterocycles. The van der Waals surface area contributed by atoms with E-state index in [-0.39, 0.29) is 18.3 Å². The first-order valence-corrected chi connectivity index (χ1v) is 8.35. The van der Waals surface area contributed by atoms with Gasteiger partial charge in [0.15, 0.2) is 0 Å². The molecule has 1 aliphatic carbocycles. The van der Waals surface area contributed by atoms with Gasteiger partial charge in [-0.2, -0.15) is 0 Å². The highest BCUT2D eigenvalue weighted by Crippen LogP contribution is 2.23. The maximum atomic E-state index is 12.2. The summed E-state index contributed by atoms with van der Waals surface area (Å²) in [7, 11) is 2.01. The van der Waals surface area contributed by atoms with Gasteiger partial charge in [0.25, 0.3) is 0 Å². The van der Waals surface area contributed by atoms with Crippen molar-refractivity contribution in [1.29, 1.82) is 0 Å². The maximum Gasteiger partial charge on any atom is 0.234 e. The quantitative estimate of drug-likeness (QED) is 0.815. The largest absolute Gasteiger partial charge is 0.352 e. The van der Waals surface area contributed by atoms with Gasteiger partial charge in [-0.05, 0) is 57.7 Å². The maximum absolute atomic E-state index is 12.2. The van der Waals surface area contributed by atoms with Crippen molar-refractivity contribution in [2.45, 2.75) is 51.5 Å². The van der Waals surface area contributed by atoms with Crippen LogP contribution in [-0.4, -0.2) is 50.1 Å². The number of nitrogens with zero attached hydrogens (tertiary/aromatic N) is 1. The lowest BCUT2D eigenvalue weighted by atomic mass is 9.86. The number of likely N-dealkylation sites (tertiary alicyclic amines) is 1. The summed E-state index contributed by atoms with van der Waals surface area (Å²) in [4.78, 5) is 14.5. The first-order valence-electron chi connectivity index (χ1n) is 8.35. The van der Waals surface area contributed by atoms with Crippen molar-refractivity contribution in [3.05, 3.63) is 0 Å². The predicted octanol–water partition coefficient (Wildman–Crippen LogP) is 2.03. The molecule has 5 heteroatoms. The van der Waals surface area contributed by atoms with E-state index in [0.717, 1.165) is 26.1 Å². The van der Waals surface area contributed by atoms with E-state index in [0.29, 0.717) is 24.4 Å². The third kappa shape index (κ3) is 6.13. The first kappa shape index (κ1) is 18.7. The average Bonchev–Trinajstić information content (AvgIpc) is 2.42. The number of hydrogen-bond acceptors (Lipinski definition) is 3. The molecule has 2 fully saturated rings. The molecular weight excluding hydrogens is 286 g/mol. The van der Waals surface area contributed by atoms with Gasteiger partial charge in [0.1, 0.15) is 0 Å². The van der Waals surface area contributed by atoms with Crippen LogP contribution in [0.2, 0.25) is 0 Å². The second-order valence-electron chi connectivity index (χ2n) is 6.74. The van der Waals surface area contributed by atoms with Crippen LogP contribution in [0.4, 0.5) is 0 Å². The SMILES string of the molecule is CNCC1CCCN(CC(=O)NC2CCCCC2C)C1.Cl. The molecule has 1 saturated carbocycles. The van der Waals surface area contributed by atoms with Crippen LogP contribution in [0.15, 0.2) is 0 Å². The number of nitrogens with one attached hydrogen (secondary N) is 2. The number of rotatable bonds is 5. The zero-order valence-electron chi connectivity index (χ0n) is 13.6. The topological polar surface area (TPSA) is 44.4 Å². The molecule has 0 bridgehead atoms. The van der Waals surface area contributed by atoms with Crippen LogP contribution in [0.25, 0.3) is 0 Å². The molecule has 3 unspecified atom stereocenters. The van der Waals surface area contributed by atoms with E-state index in [1.54, 1.807) is 0 Å². The number of halogens is 1. The van der Waals surface area contributed by atoms with E-state index in [1.165, 1.54) is 32.1 Å². The summed E-state index contributed by atoms with van der Waals surface area (Å²) in [5, 5.41) is 6.52. The third-order valence-corrected chi connectivity index (χ3v) is 4.92. The minimum absolute atomic E-state index is 0. The molecule has 1 aliphatic heterocycles. The summed E-state index contributed by atoms with van der Waals surface area (Å²) >= 11 is 0. The van der Waals surface area contributed by atoms with Crippen molar-refractivity contribution in [3.63, 3.8) is 0 Å². The van der Waals surface area contributed by atoms with Gasteiger partial charge in [-0.15, -0.1) is 12.4 Å². The van der Waals surface area contributed by atoms with Gasteiger partial charge in [-0.1, -0.05) is 19.8 Å². The molecule has 1 saturated heterocycles. The van der Waals surface area contributed by atoms with Crippen LogP contribution >= 0.6 is 12.4 Å². The van der Waals surface area contributed by atoms with Crippen molar-refractivity contribution < 1.29 is 4.79 Å². The minimum Gasteiger partial charge on any atom is -0.352 e. The molecule has 2 aliphatic rings. The highest BCUT2D eigenvalue weighted by atomic mass is 35.5. The summed E-state index contributed by atoms with van der Waals surface area (Å²) in [6, 6.07) is 0.411. The summed E-state index contributed by atoms with van der Waals surface area (Å²) < 4.78 is 0. The second kappa shape index (κ2) is 9.65. The highest BCUT2D eigenvalue weighted by molar-refractivity contribution is 5.85. The van der Waals surface area contributed by atoms with Crippen LogP contribution in [-0.2, 0) is 4.79 Å². The Morgan fingerprint density at radius 1 is 1.19 bits per heavy atom. The Hall–Kier alpha value is -0.320. The fraction of sp³-hybridized carbons (Fsp3) is 0.938. The number of amides is 1. The normalized spacial score (nSPS) is 30.5. The number of carbonyl (C=O) groups excluding carboxylic acids is 1. The van der Waals surface area contributed by atoms with E-state index in [4.69, 9.17) is 0 Å². The predicted molar refractivity (Wildman–Crippen MR) is 89.9 cm³/mol. The van der Waals surface area contributed by atoms with Gasteiger partial charge in [-0.3, -0.25) is 9.69 Å². The Balaban J connectivity index is 0.00000220. The zero-order chi connectivity index (χ0) is 14.4. The fourth-order valence-corrected chi connectivity index (χ4v) is 3.74. The lowest BCUT2D eigenvalue weighted by molar-refractivity contribution is -0.123. The molecule has 2 N–H and O–H groups in total. The zero-order valence-corrected chi connectivity index (χ0v) is 14.4. The molecule has 0 aromatic carbocycles. The monoisotopic (exact) mass is 317 g/mol. The van der Waals surface area contributed by atoms with E-state index in [2.05, 4.69) is 22.5 Å². The summed E-state index contributed by atoms with van der Waals surface area (Å²) in [5.74, 6) is 1.58. The lowest BCUT2D eigenvalue weighted by Crippen LogP contribution is -2.48. The van der Waals surface area contributed by atoms with Crippen molar-refractivity contribution >= 4 is 18.3 Å². The second-order valence-corrected chi connectivity index (χ2v) is 6.74. The Labute approximate surface area is 135 Å². The van der Waals surface area contributed by atoms with Crippen LogP contribution in [0, 0.1) is 11.8 Å². The fourth-order valence-electron chi connectivity index (χ4n) is 3.74. The summed E-state index contributed by atoms with van der Waals surface area (Å²) in [5.41, 5.74) is 0. The summed E-state index contributed by atoms with van der Waals surface area (Å²) in [6.45, 7) is 6.07. The number of piperidine rings is 1. The van der Waals surface area contributed by atoms with Crippen molar-refractivity contribution in [2.75, 3.05) is 33.2 Å². The first-order chi connectivity index (χ1) is 9.69. The Morgan fingerprint density at radius 2 is 1.95 bits per heavy atom. The van der Waals surface area contributed by atoms with Crippen LogP contribution in [0.1, 0.15) is 45.4 Å². The van der Waals surface area contributed by atoms with Crippen molar-refractivity contribution in [2.24, 2.45) is 11.8 Å². The van der Waals surface area contributed by atoms with Crippen molar-refractivity contribution in [1.82, 2.24) is 15.5 Å². The van der Waals surface area contributed by atoms with Gasteiger partial charge < -0.3 is 10.6 Å². The molecule has 124 valence electrons. The molecule has 21 heavy (non-hydrogen) atoms. The Morgan fingerprint density at radius 3 is 2.67 bits per heavy atom. The molecule has 4 nitrogen and oxygen atoms in total. The van der Waals surface area contributed by atoms with Crippen LogP contribution in [0.5, 0.6) is 0 Å². The van der Waals surface area contributed by atoms with Crippen LogP contribution in [0.3, 0.4) is 0 Å². The Bertz CT molecular complexity index is 312. The van der Waals surface area contributed by atoms with Gasteiger partial charge in [0.05, 0.1) is 6.54 Å². The van der Waals surface area contributed by atoms with Gasteiger partial charge in [-0.25, -0.2) is 0 Å². The number of hydrogen-bond donors (Lipinski definition) is 2.